The van der Waals surface area contributed by atoms with Gasteiger partial charge in [-0.15, -0.1) is 0 Å². The summed E-state index contributed by atoms with van der Waals surface area (Å²) in [6.07, 6.45) is 1.68. The van der Waals surface area contributed by atoms with Crippen molar-refractivity contribution in [2.75, 3.05) is 13.2 Å². The Labute approximate surface area is 210 Å². The molecule has 0 amide bonds. The van der Waals surface area contributed by atoms with Crippen LogP contribution in [-0.4, -0.2) is 39.6 Å². The molecule has 2 aromatic carbocycles. The second-order valence-corrected chi connectivity index (χ2v) is 8.85. The normalized spacial score (nSPS) is 11.3. The molecule has 8 nitrogen and oxygen atoms in total. The van der Waals surface area contributed by atoms with Gasteiger partial charge in [-0.2, -0.15) is 9.78 Å². The number of hydrogen-bond donors (Lipinski definition) is 0. The molecule has 0 saturated carbocycles. The molecule has 0 fully saturated rings. The van der Waals surface area contributed by atoms with E-state index in [1.807, 2.05) is 56.3 Å². The van der Waals surface area contributed by atoms with Crippen LogP contribution in [0.5, 0.6) is 5.75 Å². The molecule has 35 heavy (non-hydrogen) atoms. The maximum atomic E-state index is 13.0. The van der Waals surface area contributed by atoms with E-state index in [1.165, 1.54) is 4.68 Å². The maximum Gasteiger partial charge on any atom is 0.344 e. The third kappa shape index (κ3) is 5.19. The molecule has 0 atom stereocenters. The van der Waals surface area contributed by atoms with Gasteiger partial charge in [-0.05, 0) is 76.2 Å². The number of carbonyl (C=O) groups is 1. The molecule has 0 unspecified atom stereocenters. The summed E-state index contributed by atoms with van der Waals surface area (Å²) in [5.41, 5.74) is 4.20. The molecule has 0 aliphatic heterocycles. The summed E-state index contributed by atoms with van der Waals surface area (Å²) in [5, 5.41) is 4.96. The minimum Gasteiger partial charge on any atom is -0.482 e. The number of esters is 1. The second kappa shape index (κ2) is 10.3. The zero-order valence-electron chi connectivity index (χ0n) is 19.9. The number of rotatable bonds is 7. The highest BCUT2D eigenvalue weighted by molar-refractivity contribution is 9.10. The Kier molecular flexibility index (Phi) is 7.16. The third-order valence-corrected chi connectivity index (χ3v) is 6.00. The van der Waals surface area contributed by atoms with Crippen molar-refractivity contribution >= 4 is 39.0 Å². The predicted molar refractivity (Wildman–Crippen MR) is 139 cm³/mol. The van der Waals surface area contributed by atoms with Crippen LogP contribution < -0.4 is 10.3 Å². The fraction of sp³-hybridized carbons (Fsp3) is 0.231. The Bertz CT molecular complexity index is 1490. The summed E-state index contributed by atoms with van der Waals surface area (Å²) < 4.78 is 14.6. The smallest absolute Gasteiger partial charge is 0.344 e. The van der Waals surface area contributed by atoms with Gasteiger partial charge in [0.1, 0.15) is 11.6 Å². The van der Waals surface area contributed by atoms with Gasteiger partial charge in [0.2, 0.25) is 0 Å². The van der Waals surface area contributed by atoms with E-state index in [0.29, 0.717) is 29.1 Å². The Balaban J connectivity index is 1.60. The first-order valence-electron chi connectivity index (χ1n) is 11.1. The topological polar surface area (TPSA) is 87.7 Å². The van der Waals surface area contributed by atoms with E-state index in [1.54, 1.807) is 26.1 Å². The number of fused-ring (bicyclic) bond motifs is 1. The monoisotopic (exact) mass is 536 g/mol. The predicted octanol–water partition coefficient (Wildman–Crippen LogP) is 4.70. The standard InChI is InChI=1S/C26H25BrN4O4/c1-5-34-25(32)15-35-22-9-7-21(8-10-22)30-16(2)12-19(17(30)3)14-28-31-18(4)29-24-11-6-20(27)13-23(24)26(31)33/h6-14H,5,15H2,1-4H3. The van der Waals surface area contributed by atoms with Gasteiger partial charge in [0.05, 0.1) is 23.7 Å². The molecule has 0 aliphatic carbocycles. The zero-order chi connectivity index (χ0) is 25.1. The number of ether oxygens (including phenoxy) is 2. The number of halogens is 1. The SMILES string of the molecule is CCOC(=O)COc1ccc(-n2c(C)cc(C=Nn3c(C)nc4ccc(Br)cc4c3=O)c2C)cc1. The lowest BCUT2D eigenvalue weighted by molar-refractivity contribution is -0.145. The molecule has 9 heteroatoms. The Morgan fingerprint density at radius 1 is 1.11 bits per heavy atom. The van der Waals surface area contributed by atoms with Crippen LogP contribution in [0.1, 0.15) is 29.7 Å². The van der Waals surface area contributed by atoms with Crippen LogP contribution in [0.15, 0.2) is 62.9 Å². The fourth-order valence-electron chi connectivity index (χ4n) is 3.87. The summed E-state index contributed by atoms with van der Waals surface area (Å²) in [5.74, 6) is 0.686. The molecule has 0 radical (unpaired) electrons. The van der Waals surface area contributed by atoms with Gasteiger partial charge in [-0.1, -0.05) is 15.9 Å². The summed E-state index contributed by atoms with van der Waals surface area (Å²) in [7, 11) is 0. The van der Waals surface area contributed by atoms with Gasteiger partial charge in [0, 0.05) is 27.1 Å². The number of hydrogen-bond acceptors (Lipinski definition) is 6. The van der Waals surface area contributed by atoms with Crippen LogP contribution in [0.4, 0.5) is 0 Å². The first kappa shape index (κ1) is 24.4. The van der Waals surface area contributed by atoms with Crippen molar-refractivity contribution < 1.29 is 14.3 Å². The number of benzene rings is 2. The highest BCUT2D eigenvalue weighted by atomic mass is 79.9. The maximum absolute atomic E-state index is 13.0. The third-order valence-electron chi connectivity index (χ3n) is 5.51. The molecule has 2 aromatic heterocycles. The van der Waals surface area contributed by atoms with Crippen LogP contribution in [0.3, 0.4) is 0 Å². The molecule has 0 N–H and O–H groups in total. The summed E-state index contributed by atoms with van der Waals surface area (Å²) in [6.45, 7) is 7.70. The largest absolute Gasteiger partial charge is 0.482 e. The number of nitrogens with zero attached hydrogens (tertiary/aromatic N) is 4. The first-order valence-corrected chi connectivity index (χ1v) is 11.9. The van der Waals surface area contributed by atoms with E-state index in [4.69, 9.17) is 9.47 Å². The Morgan fingerprint density at radius 2 is 1.86 bits per heavy atom. The fourth-order valence-corrected chi connectivity index (χ4v) is 4.23. The van der Waals surface area contributed by atoms with Crippen molar-refractivity contribution in [1.82, 2.24) is 14.2 Å². The van der Waals surface area contributed by atoms with E-state index < -0.39 is 5.97 Å². The number of carbonyl (C=O) groups excluding carboxylic acids is 1. The molecule has 2 heterocycles. The van der Waals surface area contributed by atoms with Crippen LogP contribution >= 0.6 is 15.9 Å². The highest BCUT2D eigenvalue weighted by Crippen LogP contribution is 2.22. The molecule has 0 saturated heterocycles. The van der Waals surface area contributed by atoms with Gasteiger partial charge in [0.25, 0.3) is 5.56 Å². The lowest BCUT2D eigenvalue weighted by Gasteiger charge is -2.11. The van der Waals surface area contributed by atoms with E-state index >= 15 is 0 Å². The quantitative estimate of drug-likeness (QED) is 0.252. The van der Waals surface area contributed by atoms with E-state index in [0.717, 1.165) is 27.1 Å². The minimum absolute atomic E-state index is 0.130. The van der Waals surface area contributed by atoms with Crippen molar-refractivity contribution in [1.29, 1.82) is 0 Å². The molecule has 0 bridgehead atoms. The van der Waals surface area contributed by atoms with E-state index in [9.17, 15) is 9.59 Å². The van der Waals surface area contributed by atoms with Crippen molar-refractivity contribution in [3.8, 4) is 11.4 Å². The van der Waals surface area contributed by atoms with E-state index in [-0.39, 0.29) is 12.2 Å². The molecular weight excluding hydrogens is 512 g/mol. The molecule has 180 valence electrons. The molecular formula is C26H25BrN4O4. The Hall–Kier alpha value is -3.72. The van der Waals surface area contributed by atoms with Crippen LogP contribution in [0.25, 0.3) is 16.6 Å². The van der Waals surface area contributed by atoms with E-state index in [2.05, 4.69) is 30.6 Å². The van der Waals surface area contributed by atoms with Gasteiger partial charge in [-0.3, -0.25) is 4.79 Å². The minimum atomic E-state index is -0.402. The van der Waals surface area contributed by atoms with Crippen molar-refractivity contribution in [3.63, 3.8) is 0 Å². The van der Waals surface area contributed by atoms with Crippen LogP contribution in [-0.2, 0) is 9.53 Å². The molecule has 0 aliphatic rings. The van der Waals surface area contributed by atoms with Gasteiger partial charge < -0.3 is 14.0 Å². The zero-order valence-corrected chi connectivity index (χ0v) is 21.5. The molecule has 4 rings (SSSR count). The Morgan fingerprint density at radius 3 is 2.57 bits per heavy atom. The highest BCUT2D eigenvalue weighted by Gasteiger charge is 2.12. The van der Waals surface area contributed by atoms with Crippen molar-refractivity contribution in [2.24, 2.45) is 5.10 Å². The molecule has 0 spiro atoms. The van der Waals surface area contributed by atoms with Crippen molar-refractivity contribution in [2.45, 2.75) is 27.7 Å². The van der Waals surface area contributed by atoms with Gasteiger partial charge >= 0.3 is 5.97 Å². The first-order chi connectivity index (χ1) is 16.8. The number of aryl methyl sites for hydroxylation is 2. The van der Waals surface area contributed by atoms with Crippen LogP contribution in [0.2, 0.25) is 0 Å². The molecule has 4 aromatic rings. The summed E-state index contributed by atoms with van der Waals surface area (Å²) in [6, 6.07) is 14.9. The average Bonchev–Trinajstić information content (AvgIpc) is 3.11. The van der Waals surface area contributed by atoms with Crippen molar-refractivity contribution in [3.05, 3.63) is 86.1 Å². The average molecular weight is 537 g/mol. The lowest BCUT2D eigenvalue weighted by Crippen LogP contribution is -2.20. The van der Waals surface area contributed by atoms with Crippen LogP contribution in [0, 0.1) is 20.8 Å². The lowest BCUT2D eigenvalue weighted by atomic mass is 10.2. The summed E-state index contributed by atoms with van der Waals surface area (Å²) >= 11 is 3.41. The number of aromatic nitrogens is 3. The van der Waals surface area contributed by atoms with Gasteiger partial charge in [-0.25, -0.2) is 9.78 Å². The summed E-state index contributed by atoms with van der Waals surface area (Å²) in [4.78, 5) is 29.0. The van der Waals surface area contributed by atoms with Gasteiger partial charge in [0.15, 0.2) is 6.61 Å². The second-order valence-electron chi connectivity index (χ2n) is 7.93.